The van der Waals surface area contributed by atoms with Crippen LogP contribution in [0.2, 0.25) is 0 Å². The number of rotatable bonds is 6. The van der Waals surface area contributed by atoms with Gasteiger partial charge in [-0.25, -0.2) is 9.78 Å². The van der Waals surface area contributed by atoms with E-state index < -0.39 is 29.5 Å². The molecule has 0 radical (unpaired) electrons. The average molecular weight is 477 g/mol. The number of ether oxygens (including phenoxy) is 1. The van der Waals surface area contributed by atoms with Gasteiger partial charge in [0, 0.05) is 0 Å². The Kier molecular flexibility index (Phi) is 6.29. The van der Waals surface area contributed by atoms with Crippen molar-refractivity contribution in [3.05, 3.63) is 93.7 Å². The molecule has 4 rings (SSSR count). The van der Waals surface area contributed by atoms with Gasteiger partial charge < -0.3 is 14.9 Å². The summed E-state index contributed by atoms with van der Waals surface area (Å²) in [5.41, 5.74) is 1.47. The predicted molar refractivity (Wildman–Crippen MR) is 127 cm³/mol. The van der Waals surface area contributed by atoms with E-state index >= 15 is 0 Å². The number of benzene rings is 2. The largest absolute Gasteiger partial charge is 0.508 e. The maximum Gasteiger partial charge on any atom is 0.350 e. The standard InChI is InChI=1S/C25H20N2O6S/c1-14-22(24(32)33-2)34-25(26-14)27-20(16-9-11-17(28)12-10-16)19(21(30)23(27)31)18(29)13-8-15-6-4-3-5-7-15/h3-13,20,28,30H,1-2H3. The summed E-state index contributed by atoms with van der Waals surface area (Å²) in [6, 6.07) is 14.0. The lowest BCUT2D eigenvalue weighted by Gasteiger charge is -2.24. The maximum absolute atomic E-state index is 13.2. The number of aliphatic hydroxyl groups excluding tert-OH is 1. The highest BCUT2D eigenvalue weighted by atomic mass is 32.1. The summed E-state index contributed by atoms with van der Waals surface area (Å²) in [5, 5.41) is 20.6. The highest BCUT2D eigenvalue weighted by Gasteiger charge is 2.45. The number of aliphatic hydroxyl groups is 1. The molecule has 0 saturated carbocycles. The van der Waals surface area contributed by atoms with Crippen molar-refractivity contribution < 1.29 is 29.3 Å². The Bertz CT molecular complexity index is 1330. The number of amides is 1. The lowest BCUT2D eigenvalue weighted by atomic mass is 9.95. The van der Waals surface area contributed by atoms with Gasteiger partial charge in [0.15, 0.2) is 16.7 Å². The van der Waals surface area contributed by atoms with Crippen LogP contribution in [0.25, 0.3) is 6.08 Å². The maximum atomic E-state index is 13.2. The van der Waals surface area contributed by atoms with Gasteiger partial charge in [-0.15, -0.1) is 0 Å². The number of esters is 1. The van der Waals surface area contributed by atoms with E-state index in [-0.39, 0.29) is 21.3 Å². The van der Waals surface area contributed by atoms with Gasteiger partial charge in [-0.2, -0.15) is 0 Å². The number of carbonyl (C=O) groups excluding carboxylic acids is 3. The summed E-state index contributed by atoms with van der Waals surface area (Å²) < 4.78 is 4.78. The van der Waals surface area contributed by atoms with Crippen molar-refractivity contribution in [3.8, 4) is 5.75 Å². The van der Waals surface area contributed by atoms with Gasteiger partial charge in [-0.1, -0.05) is 59.9 Å². The number of anilines is 1. The van der Waals surface area contributed by atoms with Crippen molar-refractivity contribution >= 4 is 40.2 Å². The van der Waals surface area contributed by atoms with E-state index in [0.29, 0.717) is 11.3 Å². The molecule has 3 aromatic rings. The van der Waals surface area contributed by atoms with Crippen LogP contribution >= 0.6 is 11.3 Å². The van der Waals surface area contributed by atoms with Crippen LogP contribution in [0.15, 0.2) is 72.0 Å². The second-order valence-corrected chi connectivity index (χ2v) is 8.42. The lowest BCUT2D eigenvalue weighted by Crippen LogP contribution is -2.30. The normalized spacial score (nSPS) is 15.9. The van der Waals surface area contributed by atoms with Crippen molar-refractivity contribution in [2.75, 3.05) is 12.0 Å². The molecule has 1 amide bonds. The summed E-state index contributed by atoms with van der Waals surface area (Å²) in [5.74, 6) is -2.68. The van der Waals surface area contributed by atoms with Gasteiger partial charge >= 0.3 is 5.97 Å². The average Bonchev–Trinajstić information content (AvgIpc) is 3.35. The molecule has 1 aliphatic rings. The molecule has 0 aliphatic carbocycles. The highest BCUT2D eigenvalue weighted by molar-refractivity contribution is 7.17. The molecule has 0 spiro atoms. The number of ketones is 1. The van der Waals surface area contributed by atoms with Crippen molar-refractivity contribution in [3.63, 3.8) is 0 Å². The van der Waals surface area contributed by atoms with E-state index in [2.05, 4.69) is 4.98 Å². The van der Waals surface area contributed by atoms with Gasteiger partial charge in [-0.3, -0.25) is 14.5 Å². The number of hydrogen-bond acceptors (Lipinski definition) is 8. The number of hydrogen-bond donors (Lipinski definition) is 2. The van der Waals surface area contributed by atoms with Crippen molar-refractivity contribution in [2.24, 2.45) is 0 Å². The minimum absolute atomic E-state index is 0.00254. The number of carbonyl (C=O) groups is 3. The van der Waals surface area contributed by atoms with E-state index in [1.807, 2.05) is 30.3 Å². The number of aromatic nitrogens is 1. The first-order chi connectivity index (χ1) is 16.3. The van der Waals surface area contributed by atoms with E-state index in [1.165, 1.54) is 30.2 Å². The van der Waals surface area contributed by atoms with Crippen LogP contribution in [0.1, 0.15) is 32.5 Å². The third-order valence-corrected chi connectivity index (χ3v) is 6.41. The van der Waals surface area contributed by atoms with Crippen molar-refractivity contribution in [1.29, 1.82) is 0 Å². The van der Waals surface area contributed by atoms with Gasteiger partial charge in [0.1, 0.15) is 10.6 Å². The molecule has 1 aromatic heterocycles. The van der Waals surface area contributed by atoms with Gasteiger partial charge in [0.05, 0.1) is 24.4 Å². The minimum atomic E-state index is -1.02. The van der Waals surface area contributed by atoms with E-state index in [1.54, 1.807) is 25.1 Å². The van der Waals surface area contributed by atoms with Crippen LogP contribution in [0.4, 0.5) is 5.13 Å². The summed E-state index contributed by atoms with van der Waals surface area (Å²) in [4.78, 5) is 44.2. The van der Waals surface area contributed by atoms with Crippen LogP contribution in [0, 0.1) is 6.92 Å². The SMILES string of the molecule is COC(=O)c1sc(N2C(=O)C(O)=C(C(=O)C=Cc3ccccc3)C2c2ccc(O)cc2)nc1C. The number of nitrogens with zero attached hydrogens (tertiary/aromatic N) is 2. The fourth-order valence-electron chi connectivity index (χ4n) is 3.62. The van der Waals surface area contributed by atoms with Crippen LogP contribution in [-0.4, -0.2) is 40.0 Å². The Balaban J connectivity index is 1.80. The van der Waals surface area contributed by atoms with E-state index in [0.717, 1.165) is 16.9 Å². The molecule has 8 nitrogen and oxygen atoms in total. The Labute approximate surface area is 199 Å². The number of aryl methyl sites for hydroxylation is 1. The second kappa shape index (κ2) is 9.32. The second-order valence-electron chi connectivity index (χ2n) is 7.44. The molecule has 0 bridgehead atoms. The van der Waals surface area contributed by atoms with Crippen molar-refractivity contribution in [1.82, 2.24) is 4.98 Å². The number of allylic oxidation sites excluding steroid dienone is 1. The molecule has 0 fully saturated rings. The van der Waals surface area contributed by atoms with Gasteiger partial charge in [0.25, 0.3) is 5.91 Å². The third kappa shape index (κ3) is 4.20. The zero-order valence-electron chi connectivity index (χ0n) is 18.3. The third-order valence-electron chi connectivity index (χ3n) is 5.27. The molecule has 34 heavy (non-hydrogen) atoms. The number of methoxy groups -OCH3 is 1. The smallest absolute Gasteiger partial charge is 0.350 e. The number of phenolic OH excluding ortho intramolecular Hbond substituents is 1. The zero-order valence-corrected chi connectivity index (χ0v) is 19.1. The number of phenols is 1. The molecular formula is C25H20N2O6S. The van der Waals surface area contributed by atoms with Gasteiger partial charge in [0.2, 0.25) is 0 Å². The van der Waals surface area contributed by atoms with E-state index in [9.17, 15) is 24.6 Å². The highest BCUT2D eigenvalue weighted by Crippen LogP contribution is 2.43. The Hall–Kier alpha value is -4.24. The molecule has 0 saturated heterocycles. The summed E-state index contributed by atoms with van der Waals surface area (Å²) in [7, 11) is 1.24. The fourth-order valence-corrected chi connectivity index (χ4v) is 4.63. The van der Waals surface area contributed by atoms with Crippen LogP contribution in [0.3, 0.4) is 0 Å². The van der Waals surface area contributed by atoms with E-state index in [4.69, 9.17) is 4.74 Å². The topological polar surface area (TPSA) is 117 Å². The first kappa shape index (κ1) is 22.9. The number of aromatic hydroxyl groups is 1. The zero-order chi connectivity index (χ0) is 24.4. The molecular weight excluding hydrogens is 456 g/mol. The molecule has 1 atom stereocenters. The summed E-state index contributed by atoms with van der Waals surface area (Å²) >= 11 is 0.924. The summed E-state index contributed by atoms with van der Waals surface area (Å²) in [6.07, 6.45) is 2.88. The van der Waals surface area contributed by atoms with Crippen LogP contribution < -0.4 is 4.90 Å². The first-order valence-electron chi connectivity index (χ1n) is 10.2. The first-order valence-corrected chi connectivity index (χ1v) is 11.0. The Morgan fingerprint density at radius 3 is 2.41 bits per heavy atom. The molecule has 172 valence electrons. The molecule has 9 heteroatoms. The predicted octanol–water partition coefficient (Wildman–Crippen LogP) is 4.13. The van der Waals surface area contributed by atoms with Crippen molar-refractivity contribution in [2.45, 2.75) is 13.0 Å². The molecule has 2 heterocycles. The quantitative estimate of drug-likeness (QED) is 0.406. The number of thiazole rings is 1. The molecule has 2 aromatic carbocycles. The Morgan fingerprint density at radius 1 is 1.09 bits per heavy atom. The molecule has 2 N–H and O–H groups in total. The lowest BCUT2D eigenvalue weighted by molar-refractivity contribution is -0.117. The molecule has 1 aliphatic heterocycles. The molecule has 1 unspecified atom stereocenters. The monoisotopic (exact) mass is 476 g/mol. The van der Waals surface area contributed by atoms with Crippen LogP contribution in [0.5, 0.6) is 5.75 Å². The summed E-state index contributed by atoms with van der Waals surface area (Å²) in [6.45, 7) is 1.60. The fraction of sp³-hybridized carbons (Fsp3) is 0.120. The minimum Gasteiger partial charge on any atom is -0.508 e. The van der Waals surface area contributed by atoms with Gasteiger partial charge in [-0.05, 0) is 36.3 Å². The van der Waals surface area contributed by atoms with Crippen LogP contribution in [-0.2, 0) is 14.3 Å². The Morgan fingerprint density at radius 2 is 1.76 bits per heavy atom.